The highest BCUT2D eigenvalue weighted by atomic mass is 35.5. The van der Waals surface area contributed by atoms with Crippen molar-refractivity contribution in [1.82, 2.24) is 4.72 Å². The van der Waals surface area contributed by atoms with Crippen LogP contribution in [0.4, 0.5) is 4.39 Å². The van der Waals surface area contributed by atoms with E-state index in [4.69, 9.17) is 11.6 Å². The quantitative estimate of drug-likeness (QED) is 0.813. The summed E-state index contributed by atoms with van der Waals surface area (Å²) in [5.41, 5.74) is 0.597. The highest BCUT2D eigenvalue weighted by molar-refractivity contribution is 7.89. The number of hydrogen-bond acceptors (Lipinski definition) is 2. The Morgan fingerprint density at radius 1 is 1.47 bits per heavy atom. The van der Waals surface area contributed by atoms with Crippen molar-refractivity contribution in [3.63, 3.8) is 0 Å². The van der Waals surface area contributed by atoms with Gasteiger partial charge in [0.2, 0.25) is 10.0 Å². The molecule has 96 valence electrons. The molecule has 3 nitrogen and oxygen atoms in total. The molecule has 0 amide bonds. The van der Waals surface area contributed by atoms with Crippen molar-refractivity contribution in [2.75, 3.05) is 11.6 Å². The molecule has 0 radical (unpaired) electrons. The summed E-state index contributed by atoms with van der Waals surface area (Å²) >= 11 is 5.44. The third-order valence-corrected chi connectivity index (χ3v) is 4.06. The van der Waals surface area contributed by atoms with Gasteiger partial charge in [-0.05, 0) is 31.0 Å². The maximum Gasteiger partial charge on any atom is 0.212 e. The first-order valence-electron chi connectivity index (χ1n) is 5.26. The molecule has 0 aliphatic heterocycles. The summed E-state index contributed by atoms with van der Waals surface area (Å²) in [7, 11) is -3.36. The normalized spacial score (nSPS) is 13.6. The van der Waals surface area contributed by atoms with E-state index in [0.29, 0.717) is 17.9 Å². The zero-order valence-electron chi connectivity index (χ0n) is 9.49. The number of halogens is 2. The maximum atomic E-state index is 13.0. The molecule has 0 aromatic heterocycles. The Morgan fingerprint density at radius 3 is 2.76 bits per heavy atom. The van der Waals surface area contributed by atoms with Crippen LogP contribution in [0.2, 0.25) is 0 Å². The molecule has 0 spiro atoms. The van der Waals surface area contributed by atoms with Gasteiger partial charge in [-0.3, -0.25) is 0 Å². The second kappa shape index (κ2) is 6.33. The van der Waals surface area contributed by atoms with Crippen LogP contribution in [-0.4, -0.2) is 20.1 Å². The zero-order valence-corrected chi connectivity index (χ0v) is 11.1. The number of benzene rings is 1. The minimum absolute atomic E-state index is 0.0177. The Kier molecular flexibility index (Phi) is 5.36. The van der Waals surface area contributed by atoms with Gasteiger partial charge < -0.3 is 0 Å². The number of rotatable bonds is 6. The predicted molar refractivity (Wildman–Crippen MR) is 67.1 cm³/mol. The van der Waals surface area contributed by atoms with Crippen molar-refractivity contribution in [2.24, 2.45) is 0 Å². The van der Waals surface area contributed by atoms with E-state index in [1.54, 1.807) is 19.1 Å². The van der Waals surface area contributed by atoms with E-state index >= 15 is 0 Å². The minimum Gasteiger partial charge on any atom is -0.212 e. The van der Waals surface area contributed by atoms with Gasteiger partial charge in [0.1, 0.15) is 5.82 Å². The highest BCUT2D eigenvalue weighted by Crippen LogP contribution is 2.14. The van der Waals surface area contributed by atoms with Crippen molar-refractivity contribution in [1.29, 1.82) is 0 Å². The first-order valence-corrected chi connectivity index (χ1v) is 7.45. The van der Waals surface area contributed by atoms with Gasteiger partial charge in [0.25, 0.3) is 0 Å². The molecule has 1 rings (SSSR count). The topological polar surface area (TPSA) is 46.2 Å². The predicted octanol–water partition coefficient (Wildman–Crippen LogP) is 2.44. The number of nitrogens with one attached hydrogen (secondary N) is 1. The molecule has 0 saturated heterocycles. The molecule has 1 aromatic carbocycles. The van der Waals surface area contributed by atoms with Gasteiger partial charge in [0.05, 0.1) is 5.75 Å². The molecule has 0 saturated carbocycles. The summed E-state index contributed by atoms with van der Waals surface area (Å²) < 4.78 is 38.6. The average Bonchev–Trinajstić information content (AvgIpc) is 2.26. The summed E-state index contributed by atoms with van der Waals surface area (Å²) in [4.78, 5) is 0. The summed E-state index contributed by atoms with van der Waals surface area (Å²) in [5, 5.41) is 0. The minimum atomic E-state index is -3.36. The van der Waals surface area contributed by atoms with E-state index in [0.717, 1.165) is 0 Å². The average molecular weight is 280 g/mol. The lowest BCUT2D eigenvalue weighted by Gasteiger charge is -2.14. The second-order valence-electron chi connectivity index (χ2n) is 3.76. The molecule has 0 aliphatic carbocycles. The largest absolute Gasteiger partial charge is 0.212 e. The van der Waals surface area contributed by atoms with Gasteiger partial charge >= 0.3 is 0 Å². The van der Waals surface area contributed by atoms with Gasteiger partial charge in [0.15, 0.2) is 0 Å². The lowest BCUT2D eigenvalue weighted by Crippen LogP contribution is -2.29. The van der Waals surface area contributed by atoms with Crippen LogP contribution in [0.25, 0.3) is 0 Å². The van der Waals surface area contributed by atoms with Gasteiger partial charge in [-0.1, -0.05) is 12.1 Å². The molecular weight excluding hydrogens is 265 g/mol. The Balaban J connectivity index is 2.69. The number of hydrogen-bond donors (Lipinski definition) is 1. The van der Waals surface area contributed by atoms with Crippen molar-refractivity contribution in [3.05, 3.63) is 35.6 Å². The number of alkyl halides is 1. The molecule has 1 atom stereocenters. The Morgan fingerprint density at radius 2 is 2.18 bits per heavy atom. The van der Waals surface area contributed by atoms with Crippen molar-refractivity contribution >= 4 is 21.6 Å². The summed E-state index contributed by atoms with van der Waals surface area (Å²) in [6.45, 7) is 1.67. The molecule has 0 bridgehead atoms. The fourth-order valence-electron chi connectivity index (χ4n) is 1.42. The third kappa shape index (κ3) is 5.02. The van der Waals surface area contributed by atoms with Gasteiger partial charge in [-0.15, -0.1) is 11.6 Å². The monoisotopic (exact) mass is 279 g/mol. The molecule has 0 aliphatic rings. The van der Waals surface area contributed by atoms with Gasteiger partial charge in [-0.25, -0.2) is 17.5 Å². The van der Waals surface area contributed by atoms with Gasteiger partial charge in [0, 0.05) is 11.9 Å². The molecule has 1 unspecified atom stereocenters. The maximum absolute atomic E-state index is 13.0. The van der Waals surface area contributed by atoms with E-state index in [-0.39, 0.29) is 11.6 Å². The van der Waals surface area contributed by atoms with Gasteiger partial charge in [-0.2, -0.15) is 0 Å². The van der Waals surface area contributed by atoms with Crippen molar-refractivity contribution < 1.29 is 12.8 Å². The van der Waals surface area contributed by atoms with E-state index in [9.17, 15) is 12.8 Å². The fourth-order valence-corrected chi connectivity index (χ4v) is 3.03. The van der Waals surface area contributed by atoms with E-state index < -0.39 is 16.1 Å². The van der Waals surface area contributed by atoms with Crippen LogP contribution < -0.4 is 4.72 Å². The van der Waals surface area contributed by atoms with E-state index in [1.165, 1.54) is 12.1 Å². The SMILES string of the molecule is CC(NS(=O)(=O)CCCCl)c1cccc(F)c1. The first kappa shape index (κ1) is 14.4. The Labute approximate surface area is 106 Å². The van der Waals surface area contributed by atoms with Crippen LogP contribution in [0.1, 0.15) is 24.9 Å². The summed E-state index contributed by atoms with van der Waals surface area (Å²) in [6.07, 6.45) is 0.396. The smallest absolute Gasteiger partial charge is 0.212 e. The van der Waals surface area contributed by atoms with Crippen LogP contribution in [0.5, 0.6) is 0 Å². The van der Waals surface area contributed by atoms with E-state index in [2.05, 4.69) is 4.72 Å². The van der Waals surface area contributed by atoms with Crippen LogP contribution in [0, 0.1) is 5.82 Å². The summed E-state index contributed by atoms with van der Waals surface area (Å²) in [5.74, 6) is -0.0971. The molecule has 0 heterocycles. The third-order valence-electron chi connectivity index (χ3n) is 2.25. The van der Waals surface area contributed by atoms with Crippen LogP contribution in [0.3, 0.4) is 0 Å². The van der Waals surface area contributed by atoms with Crippen molar-refractivity contribution in [3.8, 4) is 0 Å². The first-order chi connectivity index (χ1) is 7.94. The van der Waals surface area contributed by atoms with Crippen LogP contribution in [-0.2, 0) is 10.0 Å². The standard InChI is InChI=1S/C11H15ClFNO2S/c1-9(10-4-2-5-11(13)8-10)14-17(15,16)7-3-6-12/h2,4-5,8-9,14H,3,6-7H2,1H3. The molecule has 17 heavy (non-hydrogen) atoms. The van der Waals surface area contributed by atoms with Crippen LogP contribution in [0.15, 0.2) is 24.3 Å². The Bertz CT molecular complexity index is 464. The number of sulfonamides is 1. The lowest BCUT2D eigenvalue weighted by molar-refractivity contribution is 0.563. The zero-order chi connectivity index (χ0) is 12.9. The molecular formula is C11H15ClFNO2S. The lowest BCUT2D eigenvalue weighted by atomic mass is 10.1. The highest BCUT2D eigenvalue weighted by Gasteiger charge is 2.15. The van der Waals surface area contributed by atoms with Crippen LogP contribution >= 0.6 is 11.6 Å². The van der Waals surface area contributed by atoms with Crippen molar-refractivity contribution in [2.45, 2.75) is 19.4 Å². The Hall–Kier alpha value is -0.650. The fraction of sp³-hybridized carbons (Fsp3) is 0.455. The summed E-state index contributed by atoms with van der Waals surface area (Å²) in [6, 6.07) is 5.41. The van der Waals surface area contributed by atoms with E-state index in [1.807, 2.05) is 0 Å². The second-order valence-corrected chi connectivity index (χ2v) is 6.01. The molecule has 6 heteroatoms. The molecule has 0 fully saturated rings. The molecule has 1 N–H and O–H groups in total. The molecule has 1 aromatic rings.